The summed E-state index contributed by atoms with van der Waals surface area (Å²) >= 11 is 1.60. The summed E-state index contributed by atoms with van der Waals surface area (Å²) in [7, 11) is 0. The van der Waals surface area contributed by atoms with Gasteiger partial charge < -0.3 is 11.1 Å². The molecule has 0 aliphatic rings. The Labute approximate surface area is 110 Å². The van der Waals surface area contributed by atoms with Crippen molar-refractivity contribution < 1.29 is 4.79 Å². The van der Waals surface area contributed by atoms with E-state index in [-0.39, 0.29) is 5.91 Å². The molecule has 3 N–H and O–H groups in total. The summed E-state index contributed by atoms with van der Waals surface area (Å²) < 4.78 is 0. The number of anilines is 1. The van der Waals surface area contributed by atoms with Crippen LogP contribution in [0.15, 0.2) is 35.8 Å². The third kappa shape index (κ3) is 3.85. The van der Waals surface area contributed by atoms with Crippen molar-refractivity contribution in [3.8, 4) is 0 Å². The minimum Gasteiger partial charge on any atom is -0.399 e. The van der Waals surface area contributed by atoms with Crippen LogP contribution in [0.3, 0.4) is 0 Å². The number of rotatable bonds is 5. The van der Waals surface area contributed by atoms with Crippen LogP contribution in [0, 0.1) is 0 Å². The summed E-state index contributed by atoms with van der Waals surface area (Å²) in [5.74, 6) is 0.0244. The number of carbonyl (C=O) groups excluding carboxylic acids is 1. The number of amides is 1. The molecule has 0 aliphatic carbocycles. The van der Waals surface area contributed by atoms with E-state index in [2.05, 4.69) is 10.3 Å². The van der Waals surface area contributed by atoms with Gasteiger partial charge in [0.05, 0.1) is 11.4 Å². The molecule has 1 heterocycles. The van der Waals surface area contributed by atoms with Gasteiger partial charge in [0.15, 0.2) is 0 Å². The predicted octanol–water partition coefficient (Wildman–Crippen LogP) is 1.63. The Morgan fingerprint density at radius 3 is 2.78 bits per heavy atom. The number of nitrogens with one attached hydrogen (secondary N) is 1. The third-order valence-electron chi connectivity index (χ3n) is 2.49. The zero-order valence-electron chi connectivity index (χ0n) is 9.93. The van der Waals surface area contributed by atoms with E-state index < -0.39 is 0 Å². The fourth-order valence-electron chi connectivity index (χ4n) is 1.57. The monoisotopic (exact) mass is 261 g/mol. The lowest BCUT2D eigenvalue weighted by Gasteiger charge is -2.04. The van der Waals surface area contributed by atoms with Crippen LogP contribution < -0.4 is 11.1 Å². The molecule has 0 saturated heterocycles. The number of nitrogen functional groups attached to an aromatic ring is 1. The Morgan fingerprint density at radius 2 is 2.11 bits per heavy atom. The molecule has 0 bridgehead atoms. The number of carbonyl (C=O) groups is 1. The summed E-state index contributed by atoms with van der Waals surface area (Å²) in [5, 5.41) is 5.86. The van der Waals surface area contributed by atoms with Gasteiger partial charge in [-0.15, -0.1) is 11.3 Å². The van der Waals surface area contributed by atoms with Crippen LogP contribution in [-0.2, 0) is 17.6 Å². The molecule has 1 aromatic carbocycles. The van der Waals surface area contributed by atoms with Gasteiger partial charge in [0.25, 0.3) is 0 Å². The molecule has 0 fully saturated rings. The van der Waals surface area contributed by atoms with Gasteiger partial charge in [-0.05, 0) is 17.7 Å². The van der Waals surface area contributed by atoms with E-state index in [0.717, 1.165) is 17.0 Å². The van der Waals surface area contributed by atoms with Gasteiger partial charge in [-0.25, -0.2) is 4.98 Å². The lowest BCUT2D eigenvalue weighted by molar-refractivity contribution is -0.120. The molecule has 2 rings (SSSR count). The van der Waals surface area contributed by atoms with Gasteiger partial charge in [0.1, 0.15) is 0 Å². The van der Waals surface area contributed by atoms with Gasteiger partial charge in [-0.3, -0.25) is 4.79 Å². The SMILES string of the molecule is Nc1ccc(CC(=O)NCCc2nccs2)cc1. The number of hydrogen-bond acceptors (Lipinski definition) is 4. The number of hydrogen-bond donors (Lipinski definition) is 2. The number of thiazole rings is 1. The zero-order valence-corrected chi connectivity index (χ0v) is 10.7. The molecule has 2 aromatic rings. The van der Waals surface area contributed by atoms with Crippen molar-refractivity contribution in [2.75, 3.05) is 12.3 Å². The average Bonchev–Trinajstić information content (AvgIpc) is 2.85. The van der Waals surface area contributed by atoms with E-state index in [1.165, 1.54) is 0 Å². The van der Waals surface area contributed by atoms with E-state index >= 15 is 0 Å². The molecule has 0 unspecified atom stereocenters. The molecule has 0 spiro atoms. The molecule has 0 aliphatic heterocycles. The third-order valence-corrected chi connectivity index (χ3v) is 3.33. The van der Waals surface area contributed by atoms with Crippen molar-refractivity contribution in [1.29, 1.82) is 0 Å². The normalized spacial score (nSPS) is 10.2. The molecule has 1 amide bonds. The highest BCUT2D eigenvalue weighted by Gasteiger charge is 2.03. The van der Waals surface area contributed by atoms with Crippen LogP contribution in [0.1, 0.15) is 10.6 Å². The summed E-state index contributed by atoms with van der Waals surface area (Å²) in [6, 6.07) is 7.35. The molecule has 5 heteroatoms. The number of nitrogens with zero attached hydrogens (tertiary/aromatic N) is 1. The summed E-state index contributed by atoms with van der Waals surface area (Å²) in [6.07, 6.45) is 2.94. The molecule has 0 saturated carbocycles. The van der Waals surface area contributed by atoms with E-state index in [0.29, 0.717) is 18.7 Å². The van der Waals surface area contributed by atoms with Gasteiger partial charge in [0.2, 0.25) is 5.91 Å². The van der Waals surface area contributed by atoms with E-state index in [9.17, 15) is 4.79 Å². The minimum atomic E-state index is 0.0244. The number of nitrogens with two attached hydrogens (primary N) is 1. The second-order valence-corrected chi connectivity index (χ2v) is 4.92. The Morgan fingerprint density at radius 1 is 1.33 bits per heavy atom. The van der Waals surface area contributed by atoms with Crippen molar-refractivity contribution >= 4 is 22.9 Å². The highest BCUT2D eigenvalue weighted by atomic mass is 32.1. The number of benzene rings is 1. The first kappa shape index (κ1) is 12.6. The zero-order chi connectivity index (χ0) is 12.8. The van der Waals surface area contributed by atoms with Gasteiger partial charge in [-0.1, -0.05) is 12.1 Å². The maximum absolute atomic E-state index is 11.7. The smallest absolute Gasteiger partial charge is 0.224 e. The predicted molar refractivity (Wildman–Crippen MR) is 73.4 cm³/mol. The summed E-state index contributed by atoms with van der Waals surface area (Å²) in [6.45, 7) is 0.626. The van der Waals surface area contributed by atoms with Crippen molar-refractivity contribution in [3.05, 3.63) is 46.4 Å². The molecule has 0 atom stereocenters. The fraction of sp³-hybridized carbons (Fsp3) is 0.231. The Kier molecular flexibility index (Phi) is 4.30. The topological polar surface area (TPSA) is 68.0 Å². The Hall–Kier alpha value is -1.88. The summed E-state index contributed by atoms with van der Waals surface area (Å²) in [4.78, 5) is 15.8. The van der Waals surface area contributed by atoms with Gasteiger partial charge >= 0.3 is 0 Å². The maximum Gasteiger partial charge on any atom is 0.224 e. The Bertz CT molecular complexity index is 493. The van der Waals surface area contributed by atoms with Crippen LogP contribution in [-0.4, -0.2) is 17.4 Å². The van der Waals surface area contributed by atoms with Crippen LogP contribution in [0.4, 0.5) is 5.69 Å². The first-order valence-electron chi connectivity index (χ1n) is 5.73. The molecule has 94 valence electrons. The quantitative estimate of drug-likeness (QED) is 0.804. The van der Waals surface area contributed by atoms with Crippen molar-refractivity contribution in [2.24, 2.45) is 0 Å². The van der Waals surface area contributed by atoms with Crippen molar-refractivity contribution in [2.45, 2.75) is 12.8 Å². The highest BCUT2D eigenvalue weighted by molar-refractivity contribution is 7.09. The maximum atomic E-state index is 11.7. The van der Waals surface area contributed by atoms with Crippen LogP contribution in [0.2, 0.25) is 0 Å². The van der Waals surface area contributed by atoms with E-state index in [1.807, 2.05) is 17.5 Å². The first-order chi connectivity index (χ1) is 8.74. The minimum absolute atomic E-state index is 0.0244. The highest BCUT2D eigenvalue weighted by Crippen LogP contribution is 2.06. The van der Waals surface area contributed by atoms with Crippen molar-refractivity contribution in [3.63, 3.8) is 0 Å². The number of aromatic nitrogens is 1. The van der Waals surface area contributed by atoms with Crippen LogP contribution in [0.5, 0.6) is 0 Å². The van der Waals surface area contributed by atoms with Gasteiger partial charge in [0, 0.05) is 30.2 Å². The molecule has 4 nitrogen and oxygen atoms in total. The van der Waals surface area contributed by atoms with E-state index in [4.69, 9.17) is 5.73 Å². The Balaban J connectivity index is 1.73. The largest absolute Gasteiger partial charge is 0.399 e. The van der Waals surface area contributed by atoms with Crippen molar-refractivity contribution in [1.82, 2.24) is 10.3 Å². The second-order valence-electron chi connectivity index (χ2n) is 3.94. The molecule has 18 heavy (non-hydrogen) atoms. The fourth-order valence-corrected chi connectivity index (χ4v) is 2.19. The average molecular weight is 261 g/mol. The molecular weight excluding hydrogens is 246 g/mol. The first-order valence-corrected chi connectivity index (χ1v) is 6.61. The second kappa shape index (κ2) is 6.16. The molecule has 0 radical (unpaired) electrons. The lowest BCUT2D eigenvalue weighted by atomic mass is 10.1. The van der Waals surface area contributed by atoms with E-state index in [1.54, 1.807) is 29.7 Å². The van der Waals surface area contributed by atoms with Gasteiger partial charge in [-0.2, -0.15) is 0 Å². The molecular formula is C13H15N3OS. The summed E-state index contributed by atoms with van der Waals surface area (Å²) in [5.41, 5.74) is 7.27. The standard InChI is InChI=1S/C13H15N3OS/c14-11-3-1-10(2-4-11)9-12(17)15-6-5-13-16-7-8-18-13/h1-4,7-8H,5-6,9,14H2,(H,15,17). The lowest BCUT2D eigenvalue weighted by Crippen LogP contribution is -2.27. The van der Waals surface area contributed by atoms with Crippen LogP contribution >= 0.6 is 11.3 Å². The van der Waals surface area contributed by atoms with Crippen LogP contribution in [0.25, 0.3) is 0 Å². The molecule has 1 aromatic heterocycles.